The fraction of sp³-hybridized carbons (Fsp3) is 0.947. The topological polar surface area (TPSA) is 41.6 Å². The normalized spacial score (nSPS) is 25.5. The minimum absolute atomic E-state index is 0.0544. The van der Waals surface area contributed by atoms with E-state index in [1.165, 1.54) is 19.3 Å². The van der Waals surface area contributed by atoms with E-state index in [2.05, 4.69) is 44.8 Å². The van der Waals surface area contributed by atoms with Crippen molar-refractivity contribution in [2.45, 2.75) is 72.3 Å². The minimum Gasteiger partial charge on any atom is -0.384 e. The number of nitrogens with zero attached hydrogens (tertiary/aromatic N) is 1. The van der Waals surface area contributed by atoms with E-state index >= 15 is 0 Å². The van der Waals surface area contributed by atoms with Crippen LogP contribution in [-0.2, 0) is 4.74 Å². The van der Waals surface area contributed by atoms with Crippen LogP contribution in [-0.4, -0.2) is 43.3 Å². The Balaban J connectivity index is 1.83. The van der Waals surface area contributed by atoms with Gasteiger partial charge < -0.3 is 15.0 Å². The van der Waals surface area contributed by atoms with E-state index in [9.17, 15) is 4.79 Å². The highest BCUT2D eigenvalue weighted by molar-refractivity contribution is 5.75. The van der Waals surface area contributed by atoms with Gasteiger partial charge in [-0.3, -0.25) is 0 Å². The van der Waals surface area contributed by atoms with Crippen LogP contribution >= 0.6 is 0 Å². The molecule has 23 heavy (non-hydrogen) atoms. The summed E-state index contributed by atoms with van der Waals surface area (Å²) in [5.41, 5.74) is 0.603. The zero-order valence-electron chi connectivity index (χ0n) is 16.0. The van der Waals surface area contributed by atoms with Gasteiger partial charge in [-0.25, -0.2) is 4.79 Å². The molecule has 1 aliphatic carbocycles. The first-order chi connectivity index (χ1) is 10.6. The Morgan fingerprint density at radius 3 is 2.48 bits per heavy atom. The van der Waals surface area contributed by atoms with Crippen LogP contribution in [0.5, 0.6) is 0 Å². The first kappa shape index (κ1) is 18.6. The van der Waals surface area contributed by atoms with E-state index in [0.29, 0.717) is 16.7 Å². The van der Waals surface area contributed by atoms with Crippen LogP contribution in [0.1, 0.15) is 66.7 Å². The number of carbonyl (C=O) groups excluding carboxylic acids is 1. The summed E-state index contributed by atoms with van der Waals surface area (Å²) in [6.07, 6.45) is 5.79. The Kier molecular flexibility index (Phi) is 5.34. The van der Waals surface area contributed by atoms with Crippen LogP contribution in [0, 0.1) is 16.7 Å². The van der Waals surface area contributed by atoms with Gasteiger partial charge in [0.25, 0.3) is 0 Å². The van der Waals surface area contributed by atoms with Crippen molar-refractivity contribution in [2.75, 3.05) is 26.8 Å². The number of nitrogens with one attached hydrogen (secondary N) is 1. The maximum Gasteiger partial charge on any atom is 0.317 e. The maximum atomic E-state index is 12.6. The molecule has 1 saturated heterocycles. The number of ether oxygens (including phenoxy) is 1. The molecule has 1 N–H and O–H groups in total. The molecule has 2 aliphatic rings. The molecule has 1 saturated carbocycles. The third kappa shape index (κ3) is 4.62. The molecular formula is C19H36N2O2. The van der Waals surface area contributed by atoms with E-state index in [4.69, 9.17) is 4.74 Å². The van der Waals surface area contributed by atoms with Gasteiger partial charge in [0.2, 0.25) is 0 Å². The number of likely N-dealkylation sites (tertiary alicyclic amines) is 1. The first-order valence-electron chi connectivity index (χ1n) is 9.14. The van der Waals surface area contributed by atoms with Crippen LogP contribution in [0.4, 0.5) is 4.79 Å². The lowest BCUT2D eigenvalue weighted by molar-refractivity contribution is 0.123. The van der Waals surface area contributed by atoms with Gasteiger partial charge >= 0.3 is 6.03 Å². The molecule has 2 fully saturated rings. The molecule has 0 aromatic rings. The molecule has 0 radical (unpaired) electrons. The van der Waals surface area contributed by atoms with E-state index in [1.807, 2.05) is 0 Å². The third-order valence-electron chi connectivity index (χ3n) is 5.84. The number of hydrogen-bond donors (Lipinski definition) is 1. The van der Waals surface area contributed by atoms with Gasteiger partial charge in [-0.2, -0.15) is 0 Å². The van der Waals surface area contributed by atoms with Crippen molar-refractivity contribution in [3.05, 3.63) is 0 Å². The lowest BCUT2D eigenvalue weighted by atomic mass is 9.76. The highest BCUT2D eigenvalue weighted by atomic mass is 16.5. The van der Waals surface area contributed by atoms with Crippen LogP contribution in [0.3, 0.4) is 0 Å². The summed E-state index contributed by atoms with van der Waals surface area (Å²) in [5, 5.41) is 3.15. The monoisotopic (exact) mass is 324 g/mol. The largest absolute Gasteiger partial charge is 0.384 e. The zero-order valence-corrected chi connectivity index (χ0v) is 16.0. The Morgan fingerprint density at radius 2 is 1.96 bits per heavy atom. The second kappa shape index (κ2) is 6.62. The predicted octanol–water partition coefficient (Wildman–Crippen LogP) is 4.05. The summed E-state index contributed by atoms with van der Waals surface area (Å²) in [4.78, 5) is 14.7. The van der Waals surface area contributed by atoms with Gasteiger partial charge in [-0.15, -0.1) is 0 Å². The molecule has 2 amide bonds. The van der Waals surface area contributed by atoms with E-state index in [0.717, 1.165) is 32.5 Å². The second-order valence-electron chi connectivity index (χ2n) is 9.47. The smallest absolute Gasteiger partial charge is 0.317 e. The summed E-state index contributed by atoms with van der Waals surface area (Å²) >= 11 is 0. The van der Waals surface area contributed by atoms with Crippen molar-refractivity contribution in [1.29, 1.82) is 0 Å². The minimum atomic E-state index is -0.0544. The van der Waals surface area contributed by atoms with Crippen LogP contribution < -0.4 is 5.32 Å². The molecule has 2 rings (SSSR count). The van der Waals surface area contributed by atoms with E-state index in [1.54, 1.807) is 7.11 Å². The summed E-state index contributed by atoms with van der Waals surface area (Å²) in [6.45, 7) is 13.8. The highest BCUT2D eigenvalue weighted by Crippen LogP contribution is 2.48. The summed E-state index contributed by atoms with van der Waals surface area (Å²) in [6, 6.07) is 0.111. The van der Waals surface area contributed by atoms with Crippen LogP contribution in [0.15, 0.2) is 0 Å². The molecule has 1 unspecified atom stereocenters. The molecule has 134 valence electrons. The molecule has 0 spiro atoms. The quantitative estimate of drug-likeness (QED) is 0.801. The molecule has 1 atom stereocenters. The SMILES string of the molecule is COCC1(CCNC(=O)N2CCC(CC(C)(C)C)C2(C)C)CC1. The fourth-order valence-electron chi connectivity index (χ4n) is 4.08. The van der Waals surface area contributed by atoms with Gasteiger partial charge in [0.15, 0.2) is 0 Å². The van der Waals surface area contributed by atoms with E-state index in [-0.39, 0.29) is 11.6 Å². The van der Waals surface area contributed by atoms with Gasteiger partial charge in [0.05, 0.1) is 6.61 Å². The number of rotatable bonds is 6. The lowest BCUT2D eigenvalue weighted by Gasteiger charge is -2.38. The maximum absolute atomic E-state index is 12.6. The molecule has 4 heteroatoms. The third-order valence-corrected chi connectivity index (χ3v) is 5.84. The van der Waals surface area contributed by atoms with Gasteiger partial charge in [0.1, 0.15) is 0 Å². The van der Waals surface area contributed by atoms with Crippen molar-refractivity contribution >= 4 is 6.03 Å². The van der Waals surface area contributed by atoms with Crippen LogP contribution in [0.2, 0.25) is 0 Å². The molecular weight excluding hydrogens is 288 g/mol. The number of urea groups is 1. The van der Waals surface area contributed by atoms with E-state index < -0.39 is 0 Å². The van der Waals surface area contributed by atoms with Gasteiger partial charge in [0, 0.05) is 25.7 Å². The number of carbonyl (C=O) groups is 1. The summed E-state index contributed by atoms with van der Waals surface area (Å²) in [5.74, 6) is 0.580. The predicted molar refractivity (Wildman–Crippen MR) is 94.5 cm³/mol. The van der Waals surface area contributed by atoms with Crippen molar-refractivity contribution in [3.8, 4) is 0 Å². The van der Waals surface area contributed by atoms with Gasteiger partial charge in [-0.05, 0) is 62.7 Å². The summed E-state index contributed by atoms with van der Waals surface area (Å²) in [7, 11) is 1.76. The van der Waals surface area contributed by atoms with Crippen molar-refractivity contribution < 1.29 is 9.53 Å². The number of methoxy groups -OCH3 is 1. The zero-order chi connectivity index (χ0) is 17.3. The number of amides is 2. The molecule has 4 nitrogen and oxygen atoms in total. The molecule has 1 heterocycles. The first-order valence-corrected chi connectivity index (χ1v) is 9.14. The van der Waals surface area contributed by atoms with Crippen molar-refractivity contribution in [1.82, 2.24) is 10.2 Å². The molecule has 0 aromatic heterocycles. The standard InChI is InChI=1S/C19H36N2O2/c1-17(2,3)13-15-7-12-21(18(15,4)5)16(22)20-11-10-19(8-9-19)14-23-6/h15H,7-14H2,1-6H3,(H,20,22). The average molecular weight is 325 g/mol. The van der Waals surface area contributed by atoms with Crippen LogP contribution in [0.25, 0.3) is 0 Å². The summed E-state index contributed by atoms with van der Waals surface area (Å²) < 4.78 is 5.30. The van der Waals surface area contributed by atoms with Crippen molar-refractivity contribution in [2.24, 2.45) is 16.7 Å². The Labute approximate surface area is 142 Å². The molecule has 0 aromatic carbocycles. The Hall–Kier alpha value is -0.770. The highest BCUT2D eigenvalue weighted by Gasteiger charge is 2.45. The molecule has 0 bridgehead atoms. The van der Waals surface area contributed by atoms with Gasteiger partial charge in [-0.1, -0.05) is 20.8 Å². The lowest BCUT2D eigenvalue weighted by Crippen LogP contribution is -2.51. The van der Waals surface area contributed by atoms with Crippen molar-refractivity contribution in [3.63, 3.8) is 0 Å². The Bertz CT molecular complexity index is 422. The fourth-order valence-corrected chi connectivity index (χ4v) is 4.08. The number of hydrogen-bond acceptors (Lipinski definition) is 2. The second-order valence-corrected chi connectivity index (χ2v) is 9.47. The molecule has 1 aliphatic heterocycles. The average Bonchev–Trinajstić information content (AvgIpc) is 3.09. The Morgan fingerprint density at radius 1 is 1.30 bits per heavy atom.